The lowest BCUT2D eigenvalue weighted by atomic mass is 10.1. The van der Waals surface area contributed by atoms with Crippen molar-refractivity contribution < 1.29 is 19.7 Å². The first-order chi connectivity index (χ1) is 10.3. The molecular weight excluding hydrogens is 270 g/mol. The molecule has 0 aromatic heterocycles. The Hall–Kier alpha value is -1.87. The number of carbonyl (C=O) groups is 1. The van der Waals surface area contributed by atoms with E-state index in [2.05, 4.69) is 11.8 Å². The summed E-state index contributed by atoms with van der Waals surface area (Å²) in [5.74, 6) is 5.65. The van der Waals surface area contributed by atoms with E-state index >= 15 is 0 Å². The van der Waals surface area contributed by atoms with Gasteiger partial charge in [-0.2, -0.15) is 0 Å². The van der Waals surface area contributed by atoms with E-state index in [0.29, 0.717) is 37.2 Å². The third-order valence-corrected chi connectivity index (χ3v) is 3.25. The van der Waals surface area contributed by atoms with Gasteiger partial charge in [-0.1, -0.05) is 24.0 Å². The number of hydrogen-bond acceptors (Lipinski definition) is 4. The quantitative estimate of drug-likeness (QED) is 0.783. The summed E-state index contributed by atoms with van der Waals surface area (Å²) in [6, 6.07) is 7.17. The maximum absolute atomic E-state index is 12.6. The number of carbonyl (C=O) groups excluding carboxylic acids is 1. The van der Waals surface area contributed by atoms with Crippen LogP contribution in [0.3, 0.4) is 0 Å². The predicted molar refractivity (Wildman–Crippen MR) is 77.8 cm³/mol. The number of ether oxygens (including phenoxy) is 1. The van der Waals surface area contributed by atoms with E-state index in [4.69, 9.17) is 14.9 Å². The highest BCUT2D eigenvalue weighted by Gasteiger charge is 2.25. The third kappa shape index (κ3) is 4.05. The molecule has 1 amide bonds. The van der Waals surface area contributed by atoms with Gasteiger partial charge in [-0.15, -0.1) is 0 Å². The monoisotopic (exact) mass is 289 g/mol. The van der Waals surface area contributed by atoms with Gasteiger partial charge in [-0.25, -0.2) is 0 Å². The van der Waals surface area contributed by atoms with Crippen LogP contribution in [-0.4, -0.2) is 60.0 Å². The molecule has 1 aliphatic heterocycles. The Labute approximate surface area is 124 Å². The number of amides is 1. The molecule has 1 saturated heterocycles. The molecule has 21 heavy (non-hydrogen) atoms. The molecule has 1 unspecified atom stereocenters. The van der Waals surface area contributed by atoms with Gasteiger partial charge in [-0.05, 0) is 12.1 Å². The van der Waals surface area contributed by atoms with Gasteiger partial charge >= 0.3 is 0 Å². The Morgan fingerprint density at radius 2 is 2.19 bits per heavy atom. The second-order valence-electron chi connectivity index (χ2n) is 4.75. The number of nitrogens with zero attached hydrogens (tertiary/aromatic N) is 1. The Bertz CT molecular complexity index is 547. The van der Waals surface area contributed by atoms with E-state index < -0.39 is 0 Å². The van der Waals surface area contributed by atoms with Crippen LogP contribution < -0.4 is 0 Å². The molecule has 5 heteroatoms. The minimum Gasteiger partial charge on any atom is -0.395 e. The largest absolute Gasteiger partial charge is 0.395 e. The predicted octanol–water partition coefficient (Wildman–Crippen LogP) is 0.254. The minimum atomic E-state index is -0.324. The second kappa shape index (κ2) is 7.79. The van der Waals surface area contributed by atoms with Gasteiger partial charge in [0.05, 0.1) is 31.5 Å². The highest BCUT2D eigenvalue weighted by Crippen LogP contribution is 2.14. The van der Waals surface area contributed by atoms with E-state index in [-0.39, 0.29) is 25.2 Å². The zero-order valence-corrected chi connectivity index (χ0v) is 11.8. The number of morpholine rings is 1. The van der Waals surface area contributed by atoms with Gasteiger partial charge in [0.1, 0.15) is 0 Å². The maximum atomic E-state index is 12.6. The van der Waals surface area contributed by atoms with E-state index in [9.17, 15) is 4.79 Å². The summed E-state index contributed by atoms with van der Waals surface area (Å²) in [4.78, 5) is 14.3. The average Bonchev–Trinajstić information content (AvgIpc) is 2.55. The van der Waals surface area contributed by atoms with Crippen molar-refractivity contribution in [1.82, 2.24) is 4.90 Å². The SMILES string of the molecule is O=C(c1ccccc1C#CCCO)N1CCOC(CO)C1. The van der Waals surface area contributed by atoms with Crippen molar-refractivity contribution >= 4 is 5.91 Å². The molecular formula is C16H19NO4. The zero-order valence-electron chi connectivity index (χ0n) is 11.8. The highest BCUT2D eigenvalue weighted by molar-refractivity contribution is 5.96. The van der Waals surface area contributed by atoms with Crippen molar-refractivity contribution in [1.29, 1.82) is 0 Å². The van der Waals surface area contributed by atoms with Crippen LogP contribution in [0.15, 0.2) is 24.3 Å². The van der Waals surface area contributed by atoms with Gasteiger partial charge in [0.15, 0.2) is 0 Å². The van der Waals surface area contributed by atoms with E-state index in [1.807, 2.05) is 6.07 Å². The molecule has 0 radical (unpaired) electrons. The summed E-state index contributed by atoms with van der Waals surface area (Å²) in [6.45, 7) is 1.23. The number of aliphatic hydroxyl groups excluding tert-OH is 2. The van der Waals surface area contributed by atoms with Crippen molar-refractivity contribution in [3.05, 3.63) is 35.4 Å². The Morgan fingerprint density at radius 3 is 2.95 bits per heavy atom. The molecule has 1 atom stereocenters. The first-order valence-electron chi connectivity index (χ1n) is 6.96. The topological polar surface area (TPSA) is 70.0 Å². The summed E-state index contributed by atoms with van der Waals surface area (Å²) in [5.41, 5.74) is 1.20. The van der Waals surface area contributed by atoms with Crippen LogP contribution in [-0.2, 0) is 4.74 Å². The molecule has 0 aliphatic carbocycles. The molecule has 112 valence electrons. The van der Waals surface area contributed by atoms with Gasteiger partial charge in [-0.3, -0.25) is 4.79 Å². The summed E-state index contributed by atoms with van der Waals surface area (Å²) >= 11 is 0. The standard InChI is InChI=1S/C16H19NO4/c18-9-4-3-6-13-5-1-2-7-15(13)16(20)17-8-10-21-14(11-17)12-19/h1-2,5,7,14,18-19H,4,8-12H2. The molecule has 1 aromatic rings. The van der Waals surface area contributed by atoms with Crippen LogP contribution >= 0.6 is 0 Å². The lowest BCUT2D eigenvalue weighted by Crippen LogP contribution is -2.47. The first kappa shape index (κ1) is 15.5. The fourth-order valence-electron chi connectivity index (χ4n) is 2.18. The van der Waals surface area contributed by atoms with Gasteiger partial charge in [0.25, 0.3) is 5.91 Å². The molecule has 1 aliphatic rings. The molecule has 1 aromatic carbocycles. The van der Waals surface area contributed by atoms with Crippen LogP contribution in [0.5, 0.6) is 0 Å². The molecule has 1 heterocycles. The van der Waals surface area contributed by atoms with Crippen LogP contribution in [0, 0.1) is 11.8 Å². The molecule has 2 rings (SSSR count). The van der Waals surface area contributed by atoms with Gasteiger partial charge in [0.2, 0.25) is 0 Å². The fraction of sp³-hybridized carbons (Fsp3) is 0.438. The van der Waals surface area contributed by atoms with Crippen molar-refractivity contribution in [2.24, 2.45) is 0 Å². The summed E-state index contributed by atoms with van der Waals surface area (Å²) in [7, 11) is 0. The number of rotatable bonds is 3. The van der Waals surface area contributed by atoms with E-state index in [0.717, 1.165) is 0 Å². The number of aliphatic hydroxyl groups is 2. The van der Waals surface area contributed by atoms with Crippen molar-refractivity contribution in [3.8, 4) is 11.8 Å². The molecule has 2 N–H and O–H groups in total. The Morgan fingerprint density at radius 1 is 1.38 bits per heavy atom. The van der Waals surface area contributed by atoms with Crippen molar-refractivity contribution in [2.75, 3.05) is 32.9 Å². The van der Waals surface area contributed by atoms with Crippen molar-refractivity contribution in [2.45, 2.75) is 12.5 Å². The van der Waals surface area contributed by atoms with Gasteiger partial charge < -0.3 is 19.8 Å². The maximum Gasteiger partial charge on any atom is 0.255 e. The zero-order chi connectivity index (χ0) is 15.1. The average molecular weight is 289 g/mol. The lowest BCUT2D eigenvalue weighted by Gasteiger charge is -2.32. The molecule has 0 spiro atoms. The summed E-state index contributed by atoms with van der Waals surface area (Å²) < 4.78 is 5.35. The molecule has 5 nitrogen and oxygen atoms in total. The van der Waals surface area contributed by atoms with Crippen LogP contribution in [0.25, 0.3) is 0 Å². The fourth-order valence-corrected chi connectivity index (χ4v) is 2.18. The van der Waals surface area contributed by atoms with Gasteiger partial charge in [0, 0.05) is 25.1 Å². The van der Waals surface area contributed by atoms with Crippen LogP contribution in [0.4, 0.5) is 0 Å². The number of benzene rings is 1. The van der Waals surface area contributed by atoms with Crippen molar-refractivity contribution in [3.63, 3.8) is 0 Å². The first-order valence-corrected chi connectivity index (χ1v) is 6.96. The third-order valence-electron chi connectivity index (χ3n) is 3.25. The normalized spacial score (nSPS) is 18.0. The highest BCUT2D eigenvalue weighted by atomic mass is 16.5. The van der Waals surface area contributed by atoms with Crippen LogP contribution in [0.2, 0.25) is 0 Å². The molecule has 1 fully saturated rings. The smallest absolute Gasteiger partial charge is 0.255 e. The lowest BCUT2D eigenvalue weighted by molar-refractivity contribution is -0.0447. The number of hydrogen-bond donors (Lipinski definition) is 2. The Balaban J connectivity index is 2.17. The van der Waals surface area contributed by atoms with E-state index in [1.165, 1.54) is 0 Å². The molecule has 0 bridgehead atoms. The minimum absolute atomic E-state index is 0.00472. The van der Waals surface area contributed by atoms with Crippen LogP contribution in [0.1, 0.15) is 22.3 Å². The summed E-state index contributed by atoms with van der Waals surface area (Å²) in [6.07, 6.45) is 0.0578. The van der Waals surface area contributed by atoms with E-state index in [1.54, 1.807) is 23.1 Å². The second-order valence-corrected chi connectivity index (χ2v) is 4.75. The summed E-state index contributed by atoms with van der Waals surface area (Å²) in [5, 5.41) is 17.9. The Kier molecular flexibility index (Phi) is 5.76. The molecule has 0 saturated carbocycles.